The van der Waals surface area contributed by atoms with E-state index >= 15 is 0 Å². The summed E-state index contributed by atoms with van der Waals surface area (Å²) in [5.41, 5.74) is 4.89. The van der Waals surface area contributed by atoms with Crippen LogP contribution in [0.5, 0.6) is 0 Å². The predicted molar refractivity (Wildman–Crippen MR) is 135 cm³/mol. The van der Waals surface area contributed by atoms with Gasteiger partial charge in [0, 0.05) is 5.56 Å². The molecular formula is C26H25N3O3S. The molecule has 0 saturated heterocycles. The molecule has 0 fully saturated rings. The van der Waals surface area contributed by atoms with Crippen LogP contribution >= 0.6 is 0 Å². The fourth-order valence-electron chi connectivity index (χ4n) is 3.82. The second kappa shape index (κ2) is 9.42. The van der Waals surface area contributed by atoms with Crippen LogP contribution in [0.2, 0.25) is 0 Å². The van der Waals surface area contributed by atoms with Crippen LogP contribution in [0.1, 0.15) is 18.1 Å². The lowest BCUT2D eigenvalue weighted by molar-refractivity contribution is -0.119. The SMILES string of the molecule is CCc1ccc(N(CC(=O)N/N=C\c2c3ccccc3cc3ccccc23)S(C)(=O)=O)cc1. The number of fused-ring (bicyclic) bond motifs is 2. The number of amides is 1. The third-order valence-corrected chi connectivity index (χ3v) is 6.66. The van der Waals surface area contributed by atoms with E-state index in [4.69, 9.17) is 0 Å². The Morgan fingerprint density at radius 2 is 1.52 bits per heavy atom. The van der Waals surface area contributed by atoms with E-state index in [-0.39, 0.29) is 6.54 Å². The first-order valence-electron chi connectivity index (χ1n) is 10.7. The van der Waals surface area contributed by atoms with Gasteiger partial charge in [0.15, 0.2) is 0 Å². The van der Waals surface area contributed by atoms with Gasteiger partial charge in [0.05, 0.1) is 18.2 Å². The summed E-state index contributed by atoms with van der Waals surface area (Å²) in [5.74, 6) is -0.527. The van der Waals surface area contributed by atoms with Gasteiger partial charge in [-0.25, -0.2) is 13.8 Å². The Hall–Kier alpha value is -3.71. The number of nitrogens with zero attached hydrogens (tertiary/aromatic N) is 2. The summed E-state index contributed by atoms with van der Waals surface area (Å²) in [5, 5.41) is 8.33. The lowest BCUT2D eigenvalue weighted by Gasteiger charge is -2.21. The van der Waals surface area contributed by atoms with Crippen LogP contribution in [0, 0.1) is 0 Å². The van der Waals surface area contributed by atoms with Crippen molar-refractivity contribution in [3.63, 3.8) is 0 Å². The summed E-state index contributed by atoms with van der Waals surface area (Å²) in [6.07, 6.45) is 3.54. The molecule has 168 valence electrons. The average Bonchev–Trinajstić information content (AvgIpc) is 2.81. The third-order valence-electron chi connectivity index (χ3n) is 5.52. The van der Waals surface area contributed by atoms with Crippen molar-refractivity contribution in [1.82, 2.24) is 5.43 Å². The van der Waals surface area contributed by atoms with Gasteiger partial charge in [-0.1, -0.05) is 67.6 Å². The molecule has 1 N–H and O–H groups in total. The standard InChI is InChI=1S/C26H25N3O3S/c1-3-19-12-14-22(15-13-19)29(33(2,31)32)18-26(30)28-27-17-25-23-10-6-4-8-20(23)16-21-9-5-7-11-24(21)25/h4-17H,3,18H2,1-2H3,(H,28,30)/b27-17-. The molecular weight excluding hydrogens is 434 g/mol. The van der Waals surface area contributed by atoms with Crippen LogP contribution in [0.4, 0.5) is 5.69 Å². The summed E-state index contributed by atoms with van der Waals surface area (Å²) < 4.78 is 25.7. The molecule has 4 rings (SSSR count). The number of aryl methyl sites for hydroxylation is 1. The number of rotatable bonds is 7. The van der Waals surface area contributed by atoms with Gasteiger partial charge < -0.3 is 0 Å². The number of carbonyl (C=O) groups excluding carboxylic acids is 1. The van der Waals surface area contributed by atoms with E-state index in [1.807, 2.05) is 67.6 Å². The fraction of sp³-hybridized carbons (Fsp3) is 0.154. The largest absolute Gasteiger partial charge is 0.271 e. The van der Waals surface area contributed by atoms with Crippen LogP contribution in [0.3, 0.4) is 0 Å². The predicted octanol–water partition coefficient (Wildman–Crippen LogP) is 4.47. The van der Waals surface area contributed by atoms with Crippen molar-refractivity contribution in [3.8, 4) is 0 Å². The maximum absolute atomic E-state index is 12.6. The van der Waals surface area contributed by atoms with Crippen molar-refractivity contribution >= 4 is 49.4 Å². The Morgan fingerprint density at radius 3 is 2.06 bits per heavy atom. The molecule has 0 unspecified atom stereocenters. The maximum atomic E-state index is 12.6. The number of hydrogen-bond donors (Lipinski definition) is 1. The topological polar surface area (TPSA) is 78.8 Å². The zero-order chi connectivity index (χ0) is 23.4. The van der Waals surface area contributed by atoms with E-state index < -0.39 is 15.9 Å². The molecule has 7 heteroatoms. The summed E-state index contributed by atoms with van der Waals surface area (Å²) in [4.78, 5) is 12.6. The molecule has 4 aromatic carbocycles. The Bertz CT molecular complexity index is 1390. The molecule has 6 nitrogen and oxygen atoms in total. The average molecular weight is 460 g/mol. The summed E-state index contributed by atoms with van der Waals surface area (Å²) in [7, 11) is -3.65. The molecule has 33 heavy (non-hydrogen) atoms. The van der Waals surface area contributed by atoms with Crippen molar-refractivity contribution in [1.29, 1.82) is 0 Å². The van der Waals surface area contributed by atoms with E-state index in [1.165, 1.54) is 0 Å². The molecule has 0 heterocycles. The van der Waals surface area contributed by atoms with Crippen LogP contribution in [-0.2, 0) is 21.2 Å². The minimum absolute atomic E-state index is 0.363. The van der Waals surface area contributed by atoms with Gasteiger partial charge in [-0.05, 0) is 51.7 Å². The summed E-state index contributed by atoms with van der Waals surface area (Å²) in [6.45, 7) is 1.66. The number of sulfonamides is 1. The van der Waals surface area contributed by atoms with E-state index in [0.717, 1.165) is 49.7 Å². The first-order valence-corrected chi connectivity index (χ1v) is 12.5. The Labute approximate surface area is 193 Å². The smallest absolute Gasteiger partial charge is 0.260 e. The fourth-order valence-corrected chi connectivity index (χ4v) is 4.68. The number of benzene rings is 4. The van der Waals surface area contributed by atoms with E-state index in [1.54, 1.807) is 18.3 Å². The van der Waals surface area contributed by atoms with Gasteiger partial charge in [-0.15, -0.1) is 0 Å². The van der Waals surface area contributed by atoms with Crippen LogP contribution in [0.15, 0.2) is 84.0 Å². The number of hydrogen-bond acceptors (Lipinski definition) is 4. The van der Waals surface area contributed by atoms with Gasteiger partial charge in [-0.2, -0.15) is 5.10 Å². The van der Waals surface area contributed by atoms with Crippen molar-refractivity contribution < 1.29 is 13.2 Å². The van der Waals surface area contributed by atoms with Crippen LogP contribution < -0.4 is 9.73 Å². The highest BCUT2D eigenvalue weighted by Crippen LogP contribution is 2.27. The number of carbonyl (C=O) groups is 1. The van der Waals surface area contributed by atoms with E-state index in [0.29, 0.717) is 5.69 Å². The maximum Gasteiger partial charge on any atom is 0.260 e. The minimum Gasteiger partial charge on any atom is -0.271 e. The van der Waals surface area contributed by atoms with Crippen LogP contribution in [0.25, 0.3) is 21.5 Å². The Morgan fingerprint density at radius 1 is 0.939 bits per heavy atom. The van der Waals surface area contributed by atoms with Crippen molar-refractivity contribution in [2.75, 3.05) is 17.1 Å². The first kappa shape index (κ1) is 22.5. The number of hydrazone groups is 1. The number of nitrogens with one attached hydrogen (secondary N) is 1. The molecule has 1 amide bonds. The molecule has 0 aliphatic heterocycles. The lowest BCUT2D eigenvalue weighted by atomic mass is 9.97. The van der Waals surface area contributed by atoms with Crippen molar-refractivity contribution in [2.45, 2.75) is 13.3 Å². The van der Waals surface area contributed by atoms with Gasteiger partial charge in [0.25, 0.3) is 5.91 Å². The zero-order valence-corrected chi connectivity index (χ0v) is 19.3. The zero-order valence-electron chi connectivity index (χ0n) is 18.5. The molecule has 4 aromatic rings. The van der Waals surface area contributed by atoms with Gasteiger partial charge in [-0.3, -0.25) is 9.10 Å². The quantitative estimate of drug-likeness (QED) is 0.252. The molecule has 0 aliphatic rings. The summed E-state index contributed by atoms with van der Waals surface area (Å²) in [6, 6.07) is 25.2. The Balaban J connectivity index is 1.57. The third kappa shape index (κ3) is 5.04. The first-order chi connectivity index (χ1) is 15.9. The minimum atomic E-state index is -3.65. The molecule has 0 spiro atoms. The van der Waals surface area contributed by atoms with E-state index in [9.17, 15) is 13.2 Å². The van der Waals surface area contributed by atoms with Crippen molar-refractivity contribution in [3.05, 3.63) is 90.0 Å². The summed E-state index contributed by atoms with van der Waals surface area (Å²) >= 11 is 0. The van der Waals surface area contributed by atoms with Gasteiger partial charge in [0.2, 0.25) is 10.0 Å². The second-order valence-electron chi connectivity index (χ2n) is 7.82. The molecule has 0 atom stereocenters. The molecule has 0 bridgehead atoms. The van der Waals surface area contributed by atoms with Gasteiger partial charge >= 0.3 is 0 Å². The highest BCUT2D eigenvalue weighted by atomic mass is 32.2. The molecule has 0 aliphatic carbocycles. The normalized spacial score (nSPS) is 11.8. The molecule has 0 saturated carbocycles. The highest BCUT2D eigenvalue weighted by Gasteiger charge is 2.20. The van der Waals surface area contributed by atoms with E-state index in [2.05, 4.69) is 16.6 Å². The molecule has 0 radical (unpaired) electrons. The van der Waals surface area contributed by atoms with Crippen LogP contribution in [-0.4, -0.2) is 33.3 Å². The highest BCUT2D eigenvalue weighted by molar-refractivity contribution is 7.92. The number of anilines is 1. The lowest BCUT2D eigenvalue weighted by Crippen LogP contribution is -2.39. The van der Waals surface area contributed by atoms with Gasteiger partial charge in [0.1, 0.15) is 6.54 Å². The molecule has 0 aromatic heterocycles. The monoisotopic (exact) mass is 459 g/mol. The Kier molecular flexibility index (Phi) is 6.42. The van der Waals surface area contributed by atoms with Crippen molar-refractivity contribution in [2.24, 2.45) is 5.10 Å². The second-order valence-corrected chi connectivity index (χ2v) is 9.72.